The van der Waals surface area contributed by atoms with Crippen LogP contribution in [0.3, 0.4) is 0 Å². The normalized spacial score (nSPS) is 14.2. The predicted octanol–water partition coefficient (Wildman–Crippen LogP) is 3.03. The summed E-state index contributed by atoms with van der Waals surface area (Å²) in [4.78, 5) is 4.54. The summed E-state index contributed by atoms with van der Waals surface area (Å²) in [5, 5.41) is 7.48. The molecule has 1 aromatic carbocycles. The maximum Gasteiger partial charge on any atom is 0.258 e. The van der Waals surface area contributed by atoms with Gasteiger partial charge in [0, 0.05) is 12.1 Å². The van der Waals surface area contributed by atoms with E-state index in [0.717, 1.165) is 42.4 Å². The summed E-state index contributed by atoms with van der Waals surface area (Å²) in [7, 11) is 0. The van der Waals surface area contributed by atoms with Gasteiger partial charge in [0.05, 0.1) is 5.75 Å². The highest BCUT2D eigenvalue weighted by Gasteiger charge is 2.17. The minimum Gasteiger partial charge on any atom is -0.334 e. The molecule has 0 amide bonds. The lowest BCUT2D eigenvalue weighted by Crippen LogP contribution is -2.24. The summed E-state index contributed by atoms with van der Waals surface area (Å²) >= 11 is 1.85. The number of fused-ring (bicyclic) bond motifs is 1. The Balaban J connectivity index is 1.82. The average molecular weight is 289 g/mol. The van der Waals surface area contributed by atoms with Crippen LogP contribution in [-0.2, 0) is 18.7 Å². The van der Waals surface area contributed by atoms with Crippen LogP contribution in [-0.4, -0.2) is 22.4 Å². The van der Waals surface area contributed by atoms with E-state index in [9.17, 15) is 0 Å². The quantitative estimate of drug-likeness (QED) is 0.857. The fraction of sp³-hybridized carbons (Fsp3) is 0.467. The molecule has 0 fully saturated rings. The molecule has 0 atom stereocenters. The number of rotatable bonds is 5. The molecule has 0 radical (unpaired) electrons. The van der Waals surface area contributed by atoms with Gasteiger partial charge >= 0.3 is 0 Å². The Kier molecular flexibility index (Phi) is 4.38. The largest absolute Gasteiger partial charge is 0.334 e. The van der Waals surface area contributed by atoms with Crippen molar-refractivity contribution in [2.24, 2.45) is 0 Å². The van der Waals surface area contributed by atoms with Crippen molar-refractivity contribution in [1.29, 1.82) is 0 Å². The molecule has 0 spiro atoms. The van der Waals surface area contributed by atoms with Crippen LogP contribution >= 0.6 is 11.8 Å². The molecule has 5 heteroatoms. The zero-order valence-corrected chi connectivity index (χ0v) is 12.5. The molecule has 0 saturated carbocycles. The van der Waals surface area contributed by atoms with Gasteiger partial charge in [0.15, 0.2) is 5.82 Å². The van der Waals surface area contributed by atoms with E-state index in [2.05, 4.69) is 40.6 Å². The molecule has 106 valence electrons. The second kappa shape index (κ2) is 6.41. The summed E-state index contributed by atoms with van der Waals surface area (Å²) in [6.07, 6.45) is 2.20. The minimum atomic E-state index is 0.663. The van der Waals surface area contributed by atoms with Gasteiger partial charge in [0.25, 0.3) is 5.89 Å². The number of hydrogen-bond donors (Lipinski definition) is 1. The zero-order chi connectivity index (χ0) is 13.8. The lowest BCUT2D eigenvalue weighted by atomic mass is 9.95. The van der Waals surface area contributed by atoms with Crippen molar-refractivity contribution in [3.8, 4) is 11.5 Å². The highest BCUT2D eigenvalue weighted by Crippen LogP contribution is 2.27. The molecule has 1 aliphatic heterocycles. The summed E-state index contributed by atoms with van der Waals surface area (Å²) in [5.41, 5.74) is 3.79. The summed E-state index contributed by atoms with van der Waals surface area (Å²) in [6.45, 7) is 4.12. The van der Waals surface area contributed by atoms with Gasteiger partial charge in [-0.3, -0.25) is 0 Å². The first kappa shape index (κ1) is 13.6. The van der Waals surface area contributed by atoms with Crippen molar-refractivity contribution in [1.82, 2.24) is 15.5 Å². The molecule has 20 heavy (non-hydrogen) atoms. The van der Waals surface area contributed by atoms with Crippen molar-refractivity contribution >= 4 is 11.8 Å². The second-order valence-electron chi connectivity index (χ2n) is 4.94. The van der Waals surface area contributed by atoms with E-state index in [1.165, 1.54) is 17.5 Å². The van der Waals surface area contributed by atoms with Gasteiger partial charge in [0.1, 0.15) is 0 Å². The van der Waals surface area contributed by atoms with Crippen molar-refractivity contribution < 1.29 is 4.52 Å². The number of thioether (sulfide) groups is 1. The third kappa shape index (κ3) is 2.88. The standard InChI is InChI=1S/C15H19N3OS/c1-2-8-20-10-14-17-15(19-18-14)13-5-3-4-11-9-16-7-6-12(11)13/h3-5,16H,2,6-10H2,1H3. The van der Waals surface area contributed by atoms with E-state index in [1.54, 1.807) is 0 Å². The van der Waals surface area contributed by atoms with Crippen LogP contribution in [0.4, 0.5) is 0 Å². The minimum absolute atomic E-state index is 0.663. The molecule has 2 heterocycles. The molecule has 1 N–H and O–H groups in total. The van der Waals surface area contributed by atoms with Crippen molar-refractivity contribution in [2.45, 2.75) is 32.1 Å². The average Bonchev–Trinajstić information content (AvgIpc) is 2.96. The SMILES string of the molecule is CCCSCc1noc(-c2cccc3c2CCNC3)n1. The van der Waals surface area contributed by atoms with Gasteiger partial charge < -0.3 is 9.84 Å². The Labute approximate surface area is 123 Å². The van der Waals surface area contributed by atoms with Gasteiger partial charge in [0.2, 0.25) is 0 Å². The molecule has 3 rings (SSSR count). The van der Waals surface area contributed by atoms with Gasteiger partial charge in [-0.25, -0.2) is 0 Å². The lowest BCUT2D eigenvalue weighted by Gasteiger charge is -2.18. The maximum atomic E-state index is 5.45. The fourth-order valence-electron chi connectivity index (χ4n) is 2.46. The van der Waals surface area contributed by atoms with Gasteiger partial charge in [-0.05, 0) is 42.3 Å². The van der Waals surface area contributed by atoms with Crippen LogP contribution in [0.2, 0.25) is 0 Å². The number of aromatic nitrogens is 2. The fourth-order valence-corrected chi connectivity index (χ4v) is 3.19. The van der Waals surface area contributed by atoms with Gasteiger partial charge in [-0.15, -0.1) is 0 Å². The van der Waals surface area contributed by atoms with Crippen molar-refractivity contribution in [3.63, 3.8) is 0 Å². The number of hydrogen-bond acceptors (Lipinski definition) is 5. The number of nitrogens with one attached hydrogen (secondary N) is 1. The molecule has 0 unspecified atom stereocenters. The first-order valence-electron chi connectivity index (χ1n) is 7.10. The monoisotopic (exact) mass is 289 g/mol. The third-order valence-corrected chi connectivity index (χ3v) is 4.58. The highest BCUT2D eigenvalue weighted by molar-refractivity contribution is 7.98. The molecule has 0 bridgehead atoms. The Morgan fingerprint density at radius 1 is 1.40 bits per heavy atom. The number of benzene rings is 1. The summed E-state index contributed by atoms with van der Waals surface area (Å²) in [5.74, 6) is 3.42. The van der Waals surface area contributed by atoms with E-state index in [-0.39, 0.29) is 0 Å². The van der Waals surface area contributed by atoms with Crippen LogP contribution < -0.4 is 5.32 Å². The van der Waals surface area contributed by atoms with Crippen molar-refractivity contribution in [2.75, 3.05) is 12.3 Å². The smallest absolute Gasteiger partial charge is 0.258 e. The van der Waals surface area contributed by atoms with Crippen LogP contribution in [0.5, 0.6) is 0 Å². The Morgan fingerprint density at radius 3 is 3.25 bits per heavy atom. The molecule has 2 aromatic rings. The Bertz CT molecular complexity index is 582. The second-order valence-corrected chi connectivity index (χ2v) is 6.04. The third-order valence-electron chi connectivity index (χ3n) is 3.42. The Morgan fingerprint density at radius 2 is 2.35 bits per heavy atom. The molecule has 4 nitrogen and oxygen atoms in total. The predicted molar refractivity (Wildman–Crippen MR) is 81.6 cm³/mol. The maximum absolute atomic E-state index is 5.45. The molecular weight excluding hydrogens is 270 g/mol. The van der Waals surface area contributed by atoms with Crippen LogP contribution in [0.15, 0.2) is 22.7 Å². The van der Waals surface area contributed by atoms with E-state index >= 15 is 0 Å². The zero-order valence-electron chi connectivity index (χ0n) is 11.7. The van der Waals surface area contributed by atoms with Crippen molar-refractivity contribution in [3.05, 3.63) is 35.2 Å². The molecule has 0 aliphatic carbocycles. The highest BCUT2D eigenvalue weighted by atomic mass is 32.2. The van der Waals surface area contributed by atoms with Gasteiger partial charge in [-0.1, -0.05) is 24.2 Å². The van der Waals surface area contributed by atoms with Crippen LogP contribution in [0, 0.1) is 0 Å². The number of nitrogens with zero attached hydrogens (tertiary/aromatic N) is 2. The Hall–Kier alpha value is -1.33. The lowest BCUT2D eigenvalue weighted by molar-refractivity contribution is 0.424. The van der Waals surface area contributed by atoms with E-state index in [1.807, 2.05) is 11.8 Å². The van der Waals surface area contributed by atoms with E-state index < -0.39 is 0 Å². The molecular formula is C15H19N3OS. The first-order valence-corrected chi connectivity index (χ1v) is 8.26. The first-order chi connectivity index (χ1) is 9.88. The van der Waals surface area contributed by atoms with Crippen LogP contribution in [0.25, 0.3) is 11.5 Å². The molecule has 1 aromatic heterocycles. The molecule has 0 saturated heterocycles. The topological polar surface area (TPSA) is 51.0 Å². The summed E-state index contributed by atoms with van der Waals surface area (Å²) < 4.78 is 5.45. The van der Waals surface area contributed by atoms with E-state index in [4.69, 9.17) is 4.52 Å². The van der Waals surface area contributed by atoms with E-state index in [0.29, 0.717) is 5.89 Å². The molecule has 1 aliphatic rings. The van der Waals surface area contributed by atoms with Gasteiger partial charge in [-0.2, -0.15) is 16.7 Å². The summed E-state index contributed by atoms with van der Waals surface area (Å²) in [6, 6.07) is 6.32. The van der Waals surface area contributed by atoms with Crippen LogP contribution in [0.1, 0.15) is 30.3 Å².